The smallest absolute Gasteiger partial charge is 0.0148 e. The number of aryl methyl sites for hydroxylation is 1. The minimum Gasteiger partial charge on any atom is -0.317 e. The monoisotopic (exact) mass is 223 g/mol. The zero-order chi connectivity index (χ0) is 11.1. The van der Waals surface area contributed by atoms with Gasteiger partial charge < -0.3 is 5.32 Å². The molecule has 1 atom stereocenters. The molecule has 0 aliphatic carbocycles. The molecule has 0 fully saturated rings. The number of rotatable bonds is 6. The standard InChI is InChI=1S/C13H19NS.H2/c1-4-15-13-8-6-5-7-12(13)10-9-11(2)14-3;/h4-8,11,14H,1,9-10H2,2-3H3;1H/t11-;/m1./s1. The topological polar surface area (TPSA) is 12.0 Å². The summed E-state index contributed by atoms with van der Waals surface area (Å²) in [7, 11) is 2.01. The van der Waals surface area contributed by atoms with E-state index in [1.165, 1.54) is 16.9 Å². The lowest BCUT2D eigenvalue weighted by molar-refractivity contribution is 0.563. The Kier molecular flexibility index (Phi) is 5.51. The van der Waals surface area contributed by atoms with Gasteiger partial charge in [0.05, 0.1) is 0 Å². The zero-order valence-electron chi connectivity index (χ0n) is 9.49. The molecule has 0 bridgehead atoms. The first-order valence-corrected chi connectivity index (χ1v) is 6.18. The maximum Gasteiger partial charge on any atom is 0.0148 e. The summed E-state index contributed by atoms with van der Waals surface area (Å²) in [5.41, 5.74) is 1.42. The number of hydrogen-bond donors (Lipinski definition) is 1. The van der Waals surface area contributed by atoms with Crippen molar-refractivity contribution < 1.29 is 1.43 Å². The van der Waals surface area contributed by atoms with Crippen molar-refractivity contribution in [1.29, 1.82) is 0 Å². The normalized spacial score (nSPS) is 12.4. The predicted octanol–water partition coefficient (Wildman–Crippen LogP) is 3.71. The third-order valence-corrected chi connectivity index (χ3v) is 3.34. The molecule has 1 aromatic carbocycles. The molecular weight excluding hydrogens is 202 g/mol. The van der Waals surface area contributed by atoms with E-state index in [2.05, 4.69) is 43.1 Å². The van der Waals surface area contributed by atoms with E-state index in [9.17, 15) is 0 Å². The van der Waals surface area contributed by atoms with E-state index in [1.54, 1.807) is 11.8 Å². The quantitative estimate of drug-likeness (QED) is 0.738. The van der Waals surface area contributed by atoms with E-state index in [-0.39, 0.29) is 1.43 Å². The molecule has 0 heterocycles. The fourth-order valence-corrected chi connectivity index (χ4v) is 2.09. The zero-order valence-corrected chi connectivity index (χ0v) is 10.3. The molecular formula is C13H21NS. The molecule has 0 saturated carbocycles. The first-order valence-electron chi connectivity index (χ1n) is 5.30. The average molecular weight is 223 g/mol. The molecule has 1 nitrogen and oxygen atoms in total. The van der Waals surface area contributed by atoms with Crippen LogP contribution >= 0.6 is 11.8 Å². The van der Waals surface area contributed by atoms with Crippen molar-refractivity contribution in [3.05, 3.63) is 41.8 Å². The van der Waals surface area contributed by atoms with E-state index in [4.69, 9.17) is 0 Å². The molecule has 2 heteroatoms. The Morgan fingerprint density at radius 1 is 1.53 bits per heavy atom. The number of thioether (sulfide) groups is 1. The lowest BCUT2D eigenvalue weighted by atomic mass is 10.1. The van der Waals surface area contributed by atoms with E-state index >= 15 is 0 Å². The van der Waals surface area contributed by atoms with Gasteiger partial charge in [0.25, 0.3) is 0 Å². The summed E-state index contributed by atoms with van der Waals surface area (Å²) < 4.78 is 0. The van der Waals surface area contributed by atoms with Crippen LogP contribution in [-0.2, 0) is 6.42 Å². The fourth-order valence-electron chi connectivity index (χ4n) is 1.43. The van der Waals surface area contributed by atoms with Gasteiger partial charge in [0.2, 0.25) is 0 Å². The van der Waals surface area contributed by atoms with Gasteiger partial charge in [-0.3, -0.25) is 0 Å². The van der Waals surface area contributed by atoms with Crippen LogP contribution in [0.25, 0.3) is 0 Å². The molecule has 15 heavy (non-hydrogen) atoms. The third kappa shape index (κ3) is 4.10. The van der Waals surface area contributed by atoms with Crippen LogP contribution in [0.3, 0.4) is 0 Å². The van der Waals surface area contributed by atoms with E-state index in [1.807, 2.05) is 12.5 Å². The number of benzene rings is 1. The van der Waals surface area contributed by atoms with Crippen LogP contribution in [0, 0.1) is 0 Å². The van der Waals surface area contributed by atoms with Gasteiger partial charge in [-0.1, -0.05) is 36.5 Å². The largest absolute Gasteiger partial charge is 0.317 e. The molecule has 0 aromatic heterocycles. The Bertz CT molecular complexity index is 315. The van der Waals surface area contributed by atoms with Crippen molar-refractivity contribution in [1.82, 2.24) is 5.32 Å². The third-order valence-electron chi connectivity index (χ3n) is 2.52. The molecule has 0 aliphatic rings. The summed E-state index contributed by atoms with van der Waals surface area (Å²) >= 11 is 1.70. The van der Waals surface area contributed by atoms with Gasteiger partial charge >= 0.3 is 0 Å². The lowest BCUT2D eigenvalue weighted by Crippen LogP contribution is -2.21. The second-order valence-corrected chi connectivity index (χ2v) is 4.63. The van der Waals surface area contributed by atoms with Crippen molar-refractivity contribution >= 4 is 11.8 Å². The Balaban J connectivity index is 0.00000225. The lowest BCUT2D eigenvalue weighted by Gasteiger charge is -2.11. The minimum absolute atomic E-state index is 0. The molecule has 0 unspecified atom stereocenters. The molecule has 0 spiro atoms. The molecule has 1 rings (SSSR count). The van der Waals surface area contributed by atoms with Crippen LogP contribution in [0.4, 0.5) is 0 Å². The Labute approximate surface area is 98.5 Å². The van der Waals surface area contributed by atoms with Crippen LogP contribution in [0.1, 0.15) is 20.3 Å². The summed E-state index contributed by atoms with van der Waals surface area (Å²) in [4.78, 5) is 1.33. The van der Waals surface area contributed by atoms with Crippen molar-refractivity contribution in [2.24, 2.45) is 0 Å². The Morgan fingerprint density at radius 3 is 2.93 bits per heavy atom. The predicted molar refractivity (Wildman–Crippen MR) is 71.5 cm³/mol. The van der Waals surface area contributed by atoms with Gasteiger partial charge in [-0.05, 0) is 43.9 Å². The second kappa shape index (κ2) is 6.70. The van der Waals surface area contributed by atoms with Crippen LogP contribution in [0.2, 0.25) is 0 Å². The highest BCUT2D eigenvalue weighted by molar-refractivity contribution is 8.02. The summed E-state index contributed by atoms with van der Waals surface area (Å²) in [5, 5.41) is 5.15. The minimum atomic E-state index is 0. The van der Waals surface area contributed by atoms with Crippen molar-refractivity contribution in [2.45, 2.75) is 30.7 Å². The number of hydrogen-bond acceptors (Lipinski definition) is 2. The number of nitrogens with one attached hydrogen (secondary N) is 1. The van der Waals surface area contributed by atoms with Crippen LogP contribution < -0.4 is 5.32 Å². The van der Waals surface area contributed by atoms with Gasteiger partial charge in [0.1, 0.15) is 0 Å². The summed E-state index contributed by atoms with van der Waals surface area (Å²) in [6.45, 7) is 5.97. The van der Waals surface area contributed by atoms with Gasteiger partial charge in [-0.25, -0.2) is 0 Å². The van der Waals surface area contributed by atoms with Gasteiger partial charge in [0, 0.05) is 12.4 Å². The average Bonchev–Trinajstić information content (AvgIpc) is 2.28. The highest BCUT2D eigenvalue weighted by Crippen LogP contribution is 2.24. The molecule has 0 amide bonds. The maximum absolute atomic E-state index is 3.76. The Morgan fingerprint density at radius 2 is 2.27 bits per heavy atom. The van der Waals surface area contributed by atoms with Gasteiger partial charge in [-0.15, -0.1) is 0 Å². The van der Waals surface area contributed by atoms with Crippen molar-refractivity contribution in [3.63, 3.8) is 0 Å². The summed E-state index contributed by atoms with van der Waals surface area (Å²) in [6, 6.07) is 9.12. The molecule has 1 N–H and O–H groups in total. The van der Waals surface area contributed by atoms with Gasteiger partial charge in [-0.2, -0.15) is 0 Å². The molecule has 0 saturated heterocycles. The fraction of sp³-hybridized carbons (Fsp3) is 0.385. The highest BCUT2D eigenvalue weighted by Gasteiger charge is 2.03. The summed E-state index contributed by atoms with van der Waals surface area (Å²) in [5.74, 6) is 0. The second-order valence-electron chi connectivity index (χ2n) is 3.62. The highest BCUT2D eigenvalue weighted by atomic mass is 32.2. The molecule has 0 aliphatic heterocycles. The van der Waals surface area contributed by atoms with E-state index in [0.29, 0.717) is 6.04 Å². The molecule has 1 aromatic rings. The Hall–Kier alpha value is -0.730. The SMILES string of the molecule is C=CSc1ccccc1CC[C@@H](C)NC.[HH]. The van der Waals surface area contributed by atoms with Crippen LogP contribution in [-0.4, -0.2) is 13.1 Å². The van der Waals surface area contributed by atoms with Gasteiger partial charge in [0.15, 0.2) is 0 Å². The summed E-state index contributed by atoms with van der Waals surface area (Å²) in [6.07, 6.45) is 2.30. The first kappa shape index (κ1) is 12.3. The molecule has 84 valence electrons. The van der Waals surface area contributed by atoms with Crippen LogP contribution in [0.15, 0.2) is 41.1 Å². The molecule has 0 radical (unpaired) electrons. The van der Waals surface area contributed by atoms with Crippen molar-refractivity contribution in [3.8, 4) is 0 Å². The van der Waals surface area contributed by atoms with E-state index in [0.717, 1.165) is 6.42 Å². The van der Waals surface area contributed by atoms with Crippen LogP contribution in [0.5, 0.6) is 0 Å². The first-order chi connectivity index (χ1) is 7.27. The maximum atomic E-state index is 3.76. The van der Waals surface area contributed by atoms with Crippen molar-refractivity contribution in [2.75, 3.05) is 7.05 Å². The van der Waals surface area contributed by atoms with E-state index < -0.39 is 0 Å².